The minimum absolute atomic E-state index is 0.0278. The summed E-state index contributed by atoms with van der Waals surface area (Å²) in [6.45, 7) is 0. The van der Waals surface area contributed by atoms with Crippen molar-refractivity contribution in [3.63, 3.8) is 0 Å². The molecule has 10 nitrogen and oxygen atoms in total. The molecule has 188 valence electrons. The Morgan fingerprint density at radius 2 is 1.14 bits per heavy atom. The maximum atomic E-state index is 11.2. The van der Waals surface area contributed by atoms with Crippen molar-refractivity contribution in [2.45, 2.75) is 50.7 Å². The number of benzene rings is 2. The first-order valence-corrected chi connectivity index (χ1v) is 11.7. The van der Waals surface area contributed by atoms with Crippen LogP contribution in [-0.4, -0.2) is 32.4 Å². The van der Waals surface area contributed by atoms with Crippen molar-refractivity contribution in [1.82, 2.24) is 9.97 Å². The molecule has 1 fully saturated rings. The highest BCUT2D eigenvalue weighted by molar-refractivity contribution is 5.32. The molecule has 2 heterocycles. The number of aromatic hydroxyl groups is 2. The number of H-pyrrole nitrogens is 2. The van der Waals surface area contributed by atoms with Gasteiger partial charge >= 0.3 is 11.5 Å². The van der Waals surface area contributed by atoms with Crippen LogP contribution in [0, 0.1) is 0 Å². The molecule has 1 aliphatic carbocycles. The first kappa shape index (κ1) is 23.4. The summed E-state index contributed by atoms with van der Waals surface area (Å²) in [5.41, 5.74) is 1.75. The molecule has 0 aliphatic heterocycles. The molecule has 36 heavy (non-hydrogen) atoms. The zero-order valence-corrected chi connectivity index (χ0v) is 19.4. The van der Waals surface area contributed by atoms with Gasteiger partial charge in [0.05, 0.1) is 0 Å². The molecule has 2 atom stereocenters. The summed E-state index contributed by atoms with van der Waals surface area (Å²) in [6.07, 6.45) is 4.27. The molecule has 2 aromatic heterocycles. The van der Waals surface area contributed by atoms with E-state index >= 15 is 0 Å². The van der Waals surface area contributed by atoms with E-state index in [0.29, 0.717) is 12.8 Å². The van der Waals surface area contributed by atoms with Crippen LogP contribution in [0.25, 0.3) is 0 Å². The highest BCUT2D eigenvalue weighted by Gasteiger charge is 2.25. The topological polar surface area (TPSA) is 151 Å². The fourth-order valence-corrected chi connectivity index (χ4v) is 4.39. The van der Waals surface area contributed by atoms with Gasteiger partial charge < -0.3 is 28.5 Å². The van der Waals surface area contributed by atoms with Gasteiger partial charge in [-0.25, -0.2) is 9.59 Å². The van der Waals surface area contributed by atoms with Gasteiger partial charge in [-0.1, -0.05) is 24.3 Å². The zero-order valence-electron chi connectivity index (χ0n) is 19.4. The molecule has 1 aliphatic rings. The Kier molecular flexibility index (Phi) is 6.57. The summed E-state index contributed by atoms with van der Waals surface area (Å²) in [6, 6.07) is 15.0. The second-order valence-corrected chi connectivity index (χ2v) is 8.86. The highest BCUT2D eigenvalue weighted by atomic mass is 16.5. The van der Waals surface area contributed by atoms with Crippen LogP contribution in [0.1, 0.15) is 48.3 Å². The normalized spacial score (nSPS) is 17.7. The molecule has 0 saturated heterocycles. The van der Waals surface area contributed by atoms with Crippen LogP contribution in [0.3, 0.4) is 0 Å². The monoisotopic (exact) mass is 494 g/mol. The van der Waals surface area contributed by atoms with Crippen molar-refractivity contribution < 1.29 is 28.5 Å². The van der Waals surface area contributed by atoms with E-state index in [0.717, 1.165) is 48.3 Å². The molecule has 5 rings (SSSR count). The van der Waals surface area contributed by atoms with Crippen molar-refractivity contribution in [2.24, 2.45) is 0 Å². The van der Waals surface area contributed by atoms with Gasteiger partial charge in [-0.15, -0.1) is 0 Å². The minimum Gasteiger partial charge on any atom is -0.492 e. The molecule has 4 N–H and O–H groups in total. The van der Waals surface area contributed by atoms with Crippen LogP contribution in [0.2, 0.25) is 0 Å². The van der Waals surface area contributed by atoms with Gasteiger partial charge in [0, 0.05) is 19.3 Å². The minimum atomic E-state index is -0.681. The summed E-state index contributed by atoms with van der Waals surface area (Å²) in [7, 11) is 0. The third kappa shape index (κ3) is 5.65. The Morgan fingerprint density at radius 1 is 0.722 bits per heavy atom. The number of rotatable bonds is 8. The quantitative estimate of drug-likeness (QED) is 0.290. The van der Waals surface area contributed by atoms with Gasteiger partial charge in [-0.05, 0) is 54.7 Å². The highest BCUT2D eigenvalue weighted by Crippen LogP contribution is 2.28. The second-order valence-electron chi connectivity index (χ2n) is 8.86. The number of hydrogen-bond donors (Lipinski definition) is 4. The van der Waals surface area contributed by atoms with Gasteiger partial charge in [0.15, 0.2) is 11.5 Å². The largest absolute Gasteiger partial charge is 0.492 e. The molecular weight excluding hydrogens is 468 g/mol. The summed E-state index contributed by atoms with van der Waals surface area (Å²) in [5.74, 6) is 0.0133. The fourth-order valence-electron chi connectivity index (χ4n) is 4.39. The molecule has 0 radical (unpaired) electrons. The summed E-state index contributed by atoms with van der Waals surface area (Å²) in [5, 5.41) is 19.3. The Morgan fingerprint density at radius 3 is 1.50 bits per heavy atom. The van der Waals surface area contributed by atoms with E-state index in [1.165, 1.54) is 0 Å². The molecule has 2 unspecified atom stereocenters. The first-order chi connectivity index (χ1) is 17.4. The zero-order chi connectivity index (χ0) is 25.1. The first-order valence-electron chi connectivity index (χ1n) is 11.7. The van der Waals surface area contributed by atoms with Crippen LogP contribution in [0.5, 0.6) is 23.3 Å². The molecule has 4 aromatic rings. The van der Waals surface area contributed by atoms with E-state index in [2.05, 4.69) is 9.97 Å². The van der Waals surface area contributed by atoms with Crippen LogP contribution < -0.4 is 21.0 Å². The van der Waals surface area contributed by atoms with Crippen molar-refractivity contribution in [1.29, 1.82) is 0 Å². The Labute approximate surface area is 205 Å². The number of nitrogens with one attached hydrogen (secondary N) is 2. The van der Waals surface area contributed by atoms with E-state index in [9.17, 15) is 19.8 Å². The number of ether oxygens (including phenoxy) is 2. The molecule has 0 bridgehead atoms. The molecule has 1 saturated carbocycles. The molecule has 0 spiro atoms. The van der Waals surface area contributed by atoms with Gasteiger partial charge in [-0.2, -0.15) is 0 Å². The van der Waals surface area contributed by atoms with Crippen LogP contribution in [-0.2, 0) is 12.8 Å². The van der Waals surface area contributed by atoms with Gasteiger partial charge in [-0.3, -0.25) is 9.97 Å². The molecule has 2 aromatic carbocycles. The van der Waals surface area contributed by atoms with Crippen LogP contribution >= 0.6 is 0 Å². The lowest BCUT2D eigenvalue weighted by atomic mass is 9.94. The standard InChI is InChI=1S/C26H26N2O8/c29-23-21(35-25(31)27-23)12-15-4-8-17(9-5-15)33-19-2-1-3-20(14-19)34-18-10-6-16(7-11-18)13-22-24(30)28-26(32)36-22/h4-11,19-20,29-30H,1-3,12-14H2,(H,27,31)(H,28,32). The van der Waals surface area contributed by atoms with Crippen molar-refractivity contribution >= 4 is 0 Å². The summed E-state index contributed by atoms with van der Waals surface area (Å²) >= 11 is 0. The van der Waals surface area contributed by atoms with Gasteiger partial charge in [0.2, 0.25) is 11.8 Å². The predicted octanol–water partition coefficient (Wildman–Crippen LogP) is 3.61. The maximum absolute atomic E-state index is 11.2. The van der Waals surface area contributed by atoms with E-state index in [4.69, 9.17) is 18.3 Å². The Balaban J connectivity index is 1.13. The van der Waals surface area contributed by atoms with E-state index in [-0.39, 0.29) is 35.5 Å². The van der Waals surface area contributed by atoms with Crippen molar-refractivity contribution in [2.75, 3.05) is 0 Å². The lowest BCUT2D eigenvalue weighted by Gasteiger charge is -2.30. The average molecular weight is 495 g/mol. The van der Waals surface area contributed by atoms with Gasteiger partial charge in [0.25, 0.3) is 0 Å². The van der Waals surface area contributed by atoms with Crippen LogP contribution in [0.15, 0.2) is 67.0 Å². The number of aromatic nitrogens is 2. The lowest BCUT2D eigenvalue weighted by Crippen LogP contribution is -2.31. The SMILES string of the molecule is O=c1[nH]c(O)c(Cc2ccc(OC3CCCC(Oc4ccc(Cc5oc(=O)[nH]c5O)cc4)C3)cc2)o1. The Hall–Kier alpha value is -4.34. The van der Waals surface area contributed by atoms with E-state index < -0.39 is 11.5 Å². The number of aromatic amines is 2. The number of hydrogen-bond acceptors (Lipinski definition) is 8. The van der Waals surface area contributed by atoms with E-state index in [1.54, 1.807) is 0 Å². The van der Waals surface area contributed by atoms with E-state index in [1.807, 2.05) is 48.5 Å². The van der Waals surface area contributed by atoms with Crippen LogP contribution in [0.4, 0.5) is 0 Å². The average Bonchev–Trinajstić information content (AvgIpc) is 3.34. The lowest BCUT2D eigenvalue weighted by molar-refractivity contribution is 0.0680. The smallest absolute Gasteiger partial charge is 0.419 e. The fraction of sp³-hybridized carbons (Fsp3) is 0.308. The second kappa shape index (κ2) is 10.1. The van der Waals surface area contributed by atoms with Crippen molar-refractivity contribution in [3.05, 3.63) is 92.3 Å². The van der Waals surface area contributed by atoms with Crippen molar-refractivity contribution in [3.8, 4) is 23.3 Å². The third-order valence-electron chi connectivity index (χ3n) is 6.16. The summed E-state index contributed by atoms with van der Waals surface area (Å²) in [4.78, 5) is 26.8. The Bertz CT molecular complexity index is 1300. The number of oxazole rings is 2. The summed E-state index contributed by atoms with van der Waals surface area (Å²) < 4.78 is 22.2. The molecule has 10 heteroatoms. The predicted molar refractivity (Wildman–Crippen MR) is 128 cm³/mol. The van der Waals surface area contributed by atoms with Gasteiger partial charge in [0.1, 0.15) is 23.7 Å². The third-order valence-corrected chi connectivity index (χ3v) is 6.16. The molecule has 0 amide bonds. The maximum Gasteiger partial charge on any atom is 0.419 e. The molecular formula is C26H26N2O8.